The molecule has 1 aromatic carbocycles. The molecule has 3 heteroatoms. The number of fused-ring (bicyclic) bond motifs is 1. The van der Waals surface area contributed by atoms with Crippen molar-refractivity contribution in [3.05, 3.63) is 17.7 Å². The Hall–Kier alpha value is -1.38. The quantitative estimate of drug-likeness (QED) is 0.526. The van der Waals surface area contributed by atoms with Crippen molar-refractivity contribution in [1.29, 1.82) is 0 Å². The minimum atomic E-state index is 0.636. The maximum absolute atomic E-state index is 5.88. The molecule has 0 spiro atoms. The van der Waals surface area contributed by atoms with Crippen LogP contribution in [-0.2, 0) is 6.42 Å². The van der Waals surface area contributed by atoms with Crippen LogP contribution >= 0.6 is 0 Å². The molecule has 13 heavy (non-hydrogen) atoms. The van der Waals surface area contributed by atoms with E-state index in [4.69, 9.17) is 11.5 Å². The van der Waals surface area contributed by atoms with Gasteiger partial charge in [0.15, 0.2) is 0 Å². The van der Waals surface area contributed by atoms with Gasteiger partial charge in [-0.05, 0) is 24.5 Å². The summed E-state index contributed by atoms with van der Waals surface area (Å²) in [6, 6.07) is 3.74. The molecule has 2 rings (SSSR count). The summed E-state index contributed by atoms with van der Waals surface area (Å²) < 4.78 is 0. The van der Waals surface area contributed by atoms with Gasteiger partial charge < -0.3 is 16.8 Å². The zero-order valence-corrected chi connectivity index (χ0v) is 7.80. The monoisotopic (exact) mass is 177 g/mol. The molecule has 1 aliphatic rings. The second kappa shape index (κ2) is 2.83. The second-order valence-electron chi connectivity index (χ2n) is 3.79. The van der Waals surface area contributed by atoms with Crippen LogP contribution in [0.15, 0.2) is 12.1 Å². The summed E-state index contributed by atoms with van der Waals surface area (Å²) in [5.74, 6) is 0.636. The fourth-order valence-corrected chi connectivity index (χ4v) is 1.81. The Kier molecular flexibility index (Phi) is 1.79. The van der Waals surface area contributed by atoms with Crippen LogP contribution in [0.4, 0.5) is 17.1 Å². The van der Waals surface area contributed by atoms with Gasteiger partial charge in [0.2, 0.25) is 0 Å². The number of nitrogens with one attached hydrogen (secondary N) is 1. The minimum absolute atomic E-state index is 0.636. The van der Waals surface area contributed by atoms with E-state index in [-0.39, 0.29) is 0 Å². The van der Waals surface area contributed by atoms with Gasteiger partial charge in [0.05, 0.1) is 11.4 Å². The summed E-state index contributed by atoms with van der Waals surface area (Å²) in [7, 11) is 0. The van der Waals surface area contributed by atoms with Gasteiger partial charge in [-0.2, -0.15) is 0 Å². The molecule has 1 aromatic rings. The summed E-state index contributed by atoms with van der Waals surface area (Å²) in [4.78, 5) is 0. The standard InChI is InChI=1S/C10H15N3/c1-6-4-7-8(11)2-3-9(12)10(7)13-5-6/h2-3,6,13H,4-5,11-12H2,1H3. The van der Waals surface area contributed by atoms with Gasteiger partial charge in [-0.15, -0.1) is 0 Å². The number of hydrogen-bond donors (Lipinski definition) is 3. The second-order valence-corrected chi connectivity index (χ2v) is 3.79. The maximum atomic E-state index is 5.88. The van der Waals surface area contributed by atoms with Crippen molar-refractivity contribution in [2.45, 2.75) is 13.3 Å². The first kappa shape index (κ1) is 8.23. The third kappa shape index (κ3) is 1.30. The largest absolute Gasteiger partial charge is 0.398 e. The number of nitrogen functional groups attached to an aromatic ring is 2. The van der Waals surface area contributed by atoms with Crippen LogP contribution in [0.5, 0.6) is 0 Å². The Balaban J connectivity index is 2.51. The molecule has 0 radical (unpaired) electrons. The fraction of sp³-hybridized carbons (Fsp3) is 0.400. The van der Waals surface area contributed by atoms with E-state index in [1.165, 1.54) is 5.56 Å². The average molecular weight is 177 g/mol. The molecule has 1 aliphatic heterocycles. The summed E-state index contributed by atoms with van der Waals surface area (Å²) >= 11 is 0. The Morgan fingerprint density at radius 1 is 1.31 bits per heavy atom. The van der Waals surface area contributed by atoms with Crippen LogP contribution in [-0.4, -0.2) is 6.54 Å². The molecule has 0 amide bonds. The third-order valence-electron chi connectivity index (χ3n) is 2.56. The van der Waals surface area contributed by atoms with Crippen LogP contribution < -0.4 is 16.8 Å². The first-order valence-electron chi connectivity index (χ1n) is 4.59. The molecule has 0 fully saturated rings. The van der Waals surface area contributed by atoms with E-state index in [2.05, 4.69) is 12.2 Å². The number of benzene rings is 1. The van der Waals surface area contributed by atoms with E-state index in [0.29, 0.717) is 5.92 Å². The van der Waals surface area contributed by atoms with Gasteiger partial charge in [0, 0.05) is 17.8 Å². The van der Waals surface area contributed by atoms with Crippen molar-refractivity contribution in [2.24, 2.45) is 5.92 Å². The van der Waals surface area contributed by atoms with Crippen LogP contribution in [0.1, 0.15) is 12.5 Å². The molecular formula is C10H15N3. The molecule has 1 atom stereocenters. The van der Waals surface area contributed by atoms with Crippen LogP contribution in [0.2, 0.25) is 0 Å². The lowest BCUT2D eigenvalue weighted by Crippen LogP contribution is -2.22. The molecule has 1 unspecified atom stereocenters. The summed E-state index contributed by atoms with van der Waals surface area (Å²) in [6.45, 7) is 3.19. The van der Waals surface area contributed by atoms with Gasteiger partial charge in [-0.25, -0.2) is 0 Å². The highest BCUT2D eigenvalue weighted by molar-refractivity contribution is 5.77. The molecular weight excluding hydrogens is 162 g/mol. The highest BCUT2D eigenvalue weighted by Crippen LogP contribution is 2.33. The predicted molar refractivity (Wildman–Crippen MR) is 56.6 cm³/mol. The SMILES string of the molecule is CC1CNc2c(N)ccc(N)c2C1. The van der Waals surface area contributed by atoms with E-state index in [9.17, 15) is 0 Å². The van der Waals surface area contributed by atoms with Crippen molar-refractivity contribution in [3.8, 4) is 0 Å². The van der Waals surface area contributed by atoms with E-state index in [0.717, 1.165) is 30.0 Å². The van der Waals surface area contributed by atoms with Gasteiger partial charge in [0.25, 0.3) is 0 Å². The van der Waals surface area contributed by atoms with Crippen LogP contribution in [0.25, 0.3) is 0 Å². The molecule has 3 nitrogen and oxygen atoms in total. The van der Waals surface area contributed by atoms with E-state index in [1.54, 1.807) is 0 Å². The number of rotatable bonds is 0. The average Bonchev–Trinajstić information content (AvgIpc) is 2.12. The van der Waals surface area contributed by atoms with Gasteiger partial charge in [-0.3, -0.25) is 0 Å². The highest BCUT2D eigenvalue weighted by Gasteiger charge is 2.18. The summed E-state index contributed by atoms with van der Waals surface area (Å²) in [5, 5.41) is 3.32. The summed E-state index contributed by atoms with van der Waals surface area (Å²) in [6.07, 6.45) is 1.03. The summed E-state index contributed by atoms with van der Waals surface area (Å²) in [5.41, 5.74) is 15.6. The first-order chi connectivity index (χ1) is 6.18. The van der Waals surface area contributed by atoms with Crippen molar-refractivity contribution in [2.75, 3.05) is 23.3 Å². The van der Waals surface area contributed by atoms with Crippen molar-refractivity contribution in [3.63, 3.8) is 0 Å². The van der Waals surface area contributed by atoms with Gasteiger partial charge in [-0.1, -0.05) is 6.92 Å². The molecule has 0 aliphatic carbocycles. The van der Waals surface area contributed by atoms with Gasteiger partial charge in [0.1, 0.15) is 0 Å². The first-order valence-corrected chi connectivity index (χ1v) is 4.59. The number of hydrogen-bond acceptors (Lipinski definition) is 3. The van der Waals surface area contributed by atoms with E-state index < -0.39 is 0 Å². The molecule has 70 valence electrons. The third-order valence-corrected chi connectivity index (χ3v) is 2.56. The lowest BCUT2D eigenvalue weighted by molar-refractivity contribution is 0.596. The molecule has 0 bridgehead atoms. The smallest absolute Gasteiger partial charge is 0.0627 e. The van der Waals surface area contributed by atoms with Gasteiger partial charge >= 0.3 is 0 Å². The van der Waals surface area contributed by atoms with E-state index in [1.807, 2.05) is 12.1 Å². The molecule has 0 saturated carbocycles. The lowest BCUT2D eigenvalue weighted by atomic mass is 9.93. The zero-order valence-electron chi connectivity index (χ0n) is 7.80. The Morgan fingerprint density at radius 3 is 2.77 bits per heavy atom. The zero-order chi connectivity index (χ0) is 9.42. The van der Waals surface area contributed by atoms with Crippen molar-refractivity contribution >= 4 is 17.1 Å². The molecule has 5 N–H and O–H groups in total. The normalized spacial score (nSPS) is 20.5. The topological polar surface area (TPSA) is 64.1 Å². The molecule has 0 aromatic heterocycles. The van der Waals surface area contributed by atoms with Crippen molar-refractivity contribution in [1.82, 2.24) is 0 Å². The van der Waals surface area contributed by atoms with Crippen LogP contribution in [0.3, 0.4) is 0 Å². The number of anilines is 3. The number of nitrogens with two attached hydrogens (primary N) is 2. The highest BCUT2D eigenvalue weighted by atomic mass is 14.9. The predicted octanol–water partition coefficient (Wildman–Crippen LogP) is 1.46. The maximum Gasteiger partial charge on any atom is 0.0627 e. The Morgan fingerprint density at radius 2 is 2.00 bits per heavy atom. The fourth-order valence-electron chi connectivity index (χ4n) is 1.81. The molecule has 1 heterocycles. The minimum Gasteiger partial charge on any atom is -0.398 e. The Bertz CT molecular complexity index is 333. The van der Waals surface area contributed by atoms with E-state index >= 15 is 0 Å². The molecule has 0 saturated heterocycles. The Labute approximate surface area is 78.1 Å². The van der Waals surface area contributed by atoms with Crippen LogP contribution in [0, 0.1) is 5.92 Å². The lowest BCUT2D eigenvalue weighted by Gasteiger charge is -2.25. The van der Waals surface area contributed by atoms with Crippen molar-refractivity contribution < 1.29 is 0 Å².